The fraction of sp³-hybridized carbons (Fsp3) is 0.875. The Kier molecular flexibility index (Phi) is 3.97. The normalized spacial score (nSPS) is 24.7. The Hall–Kier alpha value is 0.623. The van der Waals surface area contributed by atoms with E-state index >= 15 is 0 Å². The van der Waals surface area contributed by atoms with Gasteiger partial charge >= 0.3 is 0 Å². The van der Waals surface area contributed by atoms with Crippen molar-refractivity contribution < 1.29 is 19.5 Å². The maximum absolute atomic E-state index is 2.41. The monoisotopic (exact) mass is 175 g/mol. The quantitative estimate of drug-likeness (QED) is 0.393. The molecule has 0 amide bonds. The molecule has 0 bridgehead atoms. The molecule has 1 aliphatic carbocycles. The number of hydrogen-bond acceptors (Lipinski definition) is 0. The second-order valence-corrected chi connectivity index (χ2v) is 3.53. The predicted octanol–water partition coefficient (Wildman–Crippen LogP) is 2.79. The molecule has 0 radical (unpaired) electrons. The largest absolute Gasteiger partial charge is 0.328 e. The maximum atomic E-state index is 2.41. The first-order chi connectivity index (χ1) is 3.71. The Morgan fingerprint density at radius 2 is 1.56 bits per heavy atom. The fourth-order valence-electron chi connectivity index (χ4n) is 1.25. The molecule has 1 rings (SSSR count). The first-order valence-corrected chi connectivity index (χ1v) is 3.52. The molecule has 0 spiro atoms. The van der Waals surface area contributed by atoms with Gasteiger partial charge in [-0.2, -0.15) is 12.8 Å². The molecule has 0 aromatic carbocycles. The molecule has 0 unspecified atom stereocenters. The summed E-state index contributed by atoms with van der Waals surface area (Å²) in [4.78, 5) is 0. The van der Waals surface area contributed by atoms with Crippen LogP contribution in [-0.2, 0) is 19.5 Å². The summed E-state index contributed by atoms with van der Waals surface area (Å²) in [5.74, 6) is 0. The van der Waals surface area contributed by atoms with Crippen LogP contribution in [0.5, 0.6) is 0 Å². The molecule has 1 aliphatic rings. The molecule has 0 nitrogen and oxygen atoms in total. The van der Waals surface area contributed by atoms with Gasteiger partial charge in [0.2, 0.25) is 0 Å². The van der Waals surface area contributed by atoms with E-state index in [4.69, 9.17) is 0 Å². The van der Waals surface area contributed by atoms with Gasteiger partial charge in [-0.05, 0) is 5.41 Å². The Labute approximate surface area is 71.2 Å². The van der Waals surface area contributed by atoms with E-state index in [9.17, 15) is 0 Å². The molecular formula is C8H15Zn-. The van der Waals surface area contributed by atoms with Gasteiger partial charge in [0, 0.05) is 19.5 Å². The van der Waals surface area contributed by atoms with Crippen molar-refractivity contribution in [2.45, 2.75) is 39.5 Å². The molecule has 0 heterocycles. The number of rotatable bonds is 0. The maximum Gasteiger partial charge on any atom is 0 e. The summed E-state index contributed by atoms with van der Waals surface area (Å²) in [6.45, 7) is 4.72. The molecular weight excluding hydrogens is 161 g/mol. The van der Waals surface area contributed by atoms with E-state index in [1.165, 1.54) is 25.7 Å². The third kappa shape index (κ3) is 3.35. The summed E-state index contributed by atoms with van der Waals surface area (Å²) in [7, 11) is 0. The first-order valence-electron chi connectivity index (χ1n) is 3.52. The molecule has 0 aromatic rings. The molecule has 0 aliphatic heterocycles. The van der Waals surface area contributed by atoms with E-state index in [1.807, 2.05) is 0 Å². The van der Waals surface area contributed by atoms with Gasteiger partial charge in [0.05, 0.1) is 0 Å². The van der Waals surface area contributed by atoms with Gasteiger partial charge < -0.3 is 6.42 Å². The fourth-order valence-corrected chi connectivity index (χ4v) is 1.25. The van der Waals surface area contributed by atoms with E-state index in [-0.39, 0.29) is 19.5 Å². The molecule has 0 N–H and O–H groups in total. The zero-order valence-electron chi connectivity index (χ0n) is 6.61. The van der Waals surface area contributed by atoms with E-state index in [1.54, 1.807) is 0 Å². The van der Waals surface area contributed by atoms with E-state index in [0.29, 0.717) is 5.41 Å². The first kappa shape index (κ1) is 9.62. The van der Waals surface area contributed by atoms with Crippen LogP contribution in [0.15, 0.2) is 0 Å². The minimum atomic E-state index is 0. The molecule has 9 heavy (non-hydrogen) atoms. The van der Waals surface area contributed by atoms with Crippen LogP contribution in [-0.4, -0.2) is 0 Å². The van der Waals surface area contributed by atoms with Crippen molar-refractivity contribution in [3.8, 4) is 0 Å². The van der Waals surface area contributed by atoms with E-state index in [0.717, 1.165) is 0 Å². The molecule has 1 heteroatoms. The molecule has 50 valence electrons. The zero-order valence-corrected chi connectivity index (χ0v) is 9.58. The van der Waals surface area contributed by atoms with Crippen LogP contribution in [0.1, 0.15) is 39.5 Å². The van der Waals surface area contributed by atoms with Gasteiger partial charge in [-0.15, -0.1) is 0 Å². The van der Waals surface area contributed by atoms with Gasteiger partial charge in [0.15, 0.2) is 0 Å². The molecule has 0 atom stereocenters. The Balaban J connectivity index is 0.000000640. The summed E-state index contributed by atoms with van der Waals surface area (Å²) >= 11 is 0. The standard InChI is InChI=1S/C8H15.Zn/c1-8(2)6-4-3-5-7-8;/h3H,4-7H2,1-2H3;/q-1;. The topological polar surface area (TPSA) is 0 Å². The Morgan fingerprint density at radius 3 is 1.78 bits per heavy atom. The van der Waals surface area contributed by atoms with Crippen molar-refractivity contribution in [1.29, 1.82) is 0 Å². The van der Waals surface area contributed by atoms with Crippen molar-refractivity contribution in [2.24, 2.45) is 5.41 Å². The Bertz CT molecular complexity index is 68.6. The summed E-state index contributed by atoms with van der Waals surface area (Å²) in [6.07, 6.45) is 7.88. The predicted molar refractivity (Wildman–Crippen MR) is 36.5 cm³/mol. The third-order valence-electron chi connectivity index (χ3n) is 2.05. The molecule has 1 fully saturated rings. The summed E-state index contributed by atoms with van der Waals surface area (Å²) < 4.78 is 0. The van der Waals surface area contributed by atoms with Crippen LogP contribution in [0.4, 0.5) is 0 Å². The smallest absolute Gasteiger partial charge is 0 e. The second-order valence-electron chi connectivity index (χ2n) is 3.53. The Morgan fingerprint density at radius 1 is 1.11 bits per heavy atom. The van der Waals surface area contributed by atoms with Gasteiger partial charge in [-0.25, -0.2) is 0 Å². The van der Waals surface area contributed by atoms with E-state index < -0.39 is 0 Å². The summed E-state index contributed by atoms with van der Waals surface area (Å²) in [5, 5.41) is 0. The van der Waals surface area contributed by atoms with Crippen LogP contribution in [0, 0.1) is 11.8 Å². The van der Waals surface area contributed by atoms with Crippen LogP contribution < -0.4 is 0 Å². The minimum Gasteiger partial charge on any atom is -0.328 e. The van der Waals surface area contributed by atoms with Gasteiger partial charge in [0.25, 0.3) is 0 Å². The van der Waals surface area contributed by atoms with Crippen molar-refractivity contribution >= 4 is 0 Å². The number of hydrogen-bond donors (Lipinski definition) is 0. The van der Waals surface area contributed by atoms with Crippen LogP contribution in [0.3, 0.4) is 0 Å². The zero-order chi connectivity index (χ0) is 6.04. The minimum absolute atomic E-state index is 0. The van der Waals surface area contributed by atoms with Crippen molar-refractivity contribution in [2.75, 3.05) is 0 Å². The van der Waals surface area contributed by atoms with Crippen LogP contribution >= 0.6 is 0 Å². The average Bonchev–Trinajstić information content (AvgIpc) is 1.65. The second kappa shape index (κ2) is 3.71. The van der Waals surface area contributed by atoms with Crippen LogP contribution in [0.25, 0.3) is 0 Å². The molecule has 0 aromatic heterocycles. The molecule has 1 saturated carbocycles. The van der Waals surface area contributed by atoms with Crippen molar-refractivity contribution in [1.82, 2.24) is 0 Å². The SMILES string of the molecule is CC1(C)CC[CH-]CC1.[Zn]. The summed E-state index contributed by atoms with van der Waals surface area (Å²) in [5.41, 5.74) is 0.648. The van der Waals surface area contributed by atoms with E-state index in [2.05, 4.69) is 20.3 Å². The van der Waals surface area contributed by atoms with Gasteiger partial charge in [-0.1, -0.05) is 26.7 Å². The van der Waals surface area contributed by atoms with Gasteiger partial charge in [-0.3, -0.25) is 0 Å². The summed E-state index contributed by atoms with van der Waals surface area (Å²) in [6, 6.07) is 0. The van der Waals surface area contributed by atoms with Crippen LogP contribution in [0.2, 0.25) is 0 Å². The van der Waals surface area contributed by atoms with Gasteiger partial charge in [0.1, 0.15) is 0 Å². The molecule has 0 saturated heterocycles. The van der Waals surface area contributed by atoms with Crippen molar-refractivity contribution in [3.05, 3.63) is 6.42 Å². The third-order valence-corrected chi connectivity index (χ3v) is 2.05. The average molecular weight is 177 g/mol. The van der Waals surface area contributed by atoms with Crippen molar-refractivity contribution in [3.63, 3.8) is 0 Å².